The maximum absolute atomic E-state index is 12.0. The molecule has 4 heteroatoms. The van der Waals surface area contributed by atoms with Gasteiger partial charge in [-0.15, -0.1) is 0 Å². The first kappa shape index (κ1) is 11.9. The number of carbonyl (C=O) groups is 1. The Morgan fingerprint density at radius 1 is 1.24 bits per heavy atom. The van der Waals surface area contributed by atoms with Crippen LogP contribution in [-0.4, -0.2) is 10.9 Å². The summed E-state index contributed by atoms with van der Waals surface area (Å²) in [6.45, 7) is 0. The summed E-state index contributed by atoms with van der Waals surface area (Å²) in [7, 11) is 0. The molecular weight excluding hydrogens is 214 g/mol. The Labute approximate surface area is 102 Å². The summed E-state index contributed by atoms with van der Waals surface area (Å²) in [6, 6.07) is 3.49. The molecule has 0 bridgehead atoms. The highest BCUT2D eigenvalue weighted by Crippen LogP contribution is 2.23. The summed E-state index contributed by atoms with van der Waals surface area (Å²) in [4.78, 5) is 16.1. The molecule has 17 heavy (non-hydrogen) atoms. The maximum Gasteiger partial charge on any atom is 0.228 e. The minimum atomic E-state index is 0.101. The second kappa shape index (κ2) is 5.66. The first-order valence-corrected chi connectivity index (χ1v) is 6.28. The van der Waals surface area contributed by atoms with E-state index in [2.05, 4.69) is 10.3 Å². The van der Waals surface area contributed by atoms with Gasteiger partial charge in [0.05, 0.1) is 11.9 Å². The predicted molar refractivity (Wildman–Crippen MR) is 68.5 cm³/mol. The van der Waals surface area contributed by atoms with Gasteiger partial charge in [0.1, 0.15) is 5.82 Å². The van der Waals surface area contributed by atoms with Crippen molar-refractivity contribution in [2.45, 2.75) is 38.5 Å². The van der Waals surface area contributed by atoms with E-state index in [1.165, 1.54) is 12.8 Å². The SMILES string of the molecule is Nc1ccc(NC(=O)C2CCCCCC2)nc1. The monoisotopic (exact) mass is 233 g/mol. The molecule has 1 saturated carbocycles. The van der Waals surface area contributed by atoms with Gasteiger partial charge in [-0.2, -0.15) is 0 Å². The van der Waals surface area contributed by atoms with Gasteiger partial charge >= 0.3 is 0 Å². The van der Waals surface area contributed by atoms with Crippen LogP contribution in [0.25, 0.3) is 0 Å². The molecule has 1 fully saturated rings. The van der Waals surface area contributed by atoms with Crippen molar-refractivity contribution in [3.8, 4) is 0 Å². The molecule has 4 nitrogen and oxygen atoms in total. The molecule has 1 heterocycles. The molecule has 1 aliphatic rings. The highest BCUT2D eigenvalue weighted by atomic mass is 16.1. The van der Waals surface area contributed by atoms with Crippen LogP contribution in [0.3, 0.4) is 0 Å². The van der Waals surface area contributed by atoms with Crippen molar-refractivity contribution >= 4 is 17.4 Å². The second-order valence-corrected chi connectivity index (χ2v) is 4.65. The molecule has 0 saturated heterocycles. The average Bonchev–Trinajstić information content (AvgIpc) is 2.61. The Bertz CT molecular complexity index is 367. The molecule has 3 N–H and O–H groups in total. The van der Waals surface area contributed by atoms with Crippen LogP contribution in [0, 0.1) is 5.92 Å². The number of nitrogen functional groups attached to an aromatic ring is 1. The van der Waals surface area contributed by atoms with Gasteiger partial charge in [-0.1, -0.05) is 25.7 Å². The summed E-state index contributed by atoms with van der Waals surface area (Å²) in [5.74, 6) is 0.842. The van der Waals surface area contributed by atoms with E-state index in [0.717, 1.165) is 25.7 Å². The van der Waals surface area contributed by atoms with Gasteiger partial charge in [0.25, 0.3) is 0 Å². The van der Waals surface area contributed by atoms with E-state index in [9.17, 15) is 4.79 Å². The van der Waals surface area contributed by atoms with Gasteiger partial charge in [-0.3, -0.25) is 4.79 Å². The third-order valence-electron chi connectivity index (χ3n) is 3.26. The van der Waals surface area contributed by atoms with Crippen LogP contribution in [0.5, 0.6) is 0 Å². The fourth-order valence-corrected chi connectivity index (χ4v) is 2.25. The summed E-state index contributed by atoms with van der Waals surface area (Å²) in [5.41, 5.74) is 6.15. The Balaban J connectivity index is 1.93. The molecule has 1 amide bonds. The number of nitrogens with one attached hydrogen (secondary N) is 1. The zero-order valence-corrected chi connectivity index (χ0v) is 9.98. The standard InChI is InChI=1S/C13H19N3O/c14-11-7-8-12(15-9-11)16-13(17)10-5-3-1-2-4-6-10/h7-10H,1-6,14H2,(H,15,16,17). The van der Waals surface area contributed by atoms with Crippen LogP contribution >= 0.6 is 0 Å². The molecule has 0 spiro atoms. The zero-order valence-electron chi connectivity index (χ0n) is 9.98. The van der Waals surface area contributed by atoms with Gasteiger partial charge in [0.15, 0.2) is 0 Å². The number of aromatic nitrogens is 1. The highest BCUT2D eigenvalue weighted by molar-refractivity contribution is 5.91. The molecule has 2 rings (SSSR count). The van der Waals surface area contributed by atoms with E-state index < -0.39 is 0 Å². The van der Waals surface area contributed by atoms with Crippen LogP contribution in [0.4, 0.5) is 11.5 Å². The molecule has 0 atom stereocenters. The lowest BCUT2D eigenvalue weighted by molar-refractivity contribution is -0.120. The Hall–Kier alpha value is -1.58. The molecule has 1 aromatic heterocycles. The molecule has 0 aliphatic heterocycles. The second-order valence-electron chi connectivity index (χ2n) is 4.65. The summed E-state index contributed by atoms with van der Waals surface area (Å²) in [6.07, 6.45) is 8.39. The largest absolute Gasteiger partial charge is 0.397 e. The van der Waals surface area contributed by atoms with Crippen molar-refractivity contribution in [1.29, 1.82) is 0 Å². The summed E-state index contributed by atoms with van der Waals surface area (Å²) >= 11 is 0. The minimum Gasteiger partial charge on any atom is -0.397 e. The van der Waals surface area contributed by atoms with E-state index in [0.29, 0.717) is 11.5 Å². The van der Waals surface area contributed by atoms with Crippen molar-refractivity contribution in [2.75, 3.05) is 11.1 Å². The number of hydrogen-bond donors (Lipinski definition) is 2. The molecule has 0 unspecified atom stereocenters. The number of nitrogens with zero attached hydrogens (tertiary/aromatic N) is 1. The molecule has 0 radical (unpaired) electrons. The molecule has 1 aromatic rings. The number of amides is 1. The first-order valence-electron chi connectivity index (χ1n) is 6.28. The number of carbonyl (C=O) groups excluding carboxylic acids is 1. The van der Waals surface area contributed by atoms with Crippen LogP contribution in [-0.2, 0) is 4.79 Å². The molecule has 0 aromatic carbocycles. The number of hydrogen-bond acceptors (Lipinski definition) is 3. The normalized spacial score (nSPS) is 17.4. The van der Waals surface area contributed by atoms with Crippen molar-refractivity contribution in [3.63, 3.8) is 0 Å². The van der Waals surface area contributed by atoms with Crippen molar-refractivity contribution in [1.82, 2.24) is 4.98 Å². The lowest BCUT2D eigenvalue weighted by Gasteiger charge is -2.13. The maximum atomic E-state index is 12.0. The third kappa shape index (κ3) is 3.44. The van der Waals surface area contributed by atoms with Gasteiger partial charge in [-0.05, 0) is 25.0 Å². The first-order chi connectivity index (χ1) is 8.25. The van der Waals surface area contributed by atoms with E-state index in [1.807, 2.05) is 0 Å². The Morgan fingerprint density at radius 3 is 2.53 bits per heavy atom. The van der Waals surface area contributed by atoms with Crippen molar-refractivity contribution in [2.24, 2.45) is 5.92 Å². The van der Waals surface area contributed by atoms with Gasteiger partial charge < -0.3 is 11.1 Å². The molecule has 1 aliphatic carbocycles. The topological polar surface area (TPSA) is 68.0 Å². The van der Waals surface area contributed by atoms with Crippen LogP contribution in [0.15, 0.2) is 18.3 Å². The fourth-order valence-electron chi connectivity index (χ4n) is 2.25. The highest BCUT2D eigenvalue weighted by Gasteiger charge is 2.20. The fraction of sp³-hybridized carbons (Fsp3) is 0.538. The number of nitrogens with two attached hydrogens (primary N) is 1. The van der Waals surface area contributed by atoms with E-state index in [4.69, 9.17) is 5.73 Å². The predicted octanol–water partition coefficient (Wildman–Crippen LogP) is 2.57. The Kier molecular flexibility index (Phi) is 3.96. The zero-order chi connectivity index (χ0) is 12.1. The number of rotatable bonds is 2. The quantitative estimate of drug-likeness (QED) is 0.771. The minimum absolute atomic E-state index is 0.101. The smallest absolute Gasteiger partial charge is 0.228 e. The molecule has 92 valence electrons. The van der Waals surface area contributed by atoms with E-state index in [-0.39, 0.29) is 11.8 Å². The van der Waals surface area contributed by atoms with Crippen molar-refractivity contribution in [3.05, 3.63) is 18.3 Å². The van der Waals surface area contributed by atoms with Crippen molar-refractivity contribution < 1.29 is 4.79 Å². The third-order valence-corrected chi connectivity index (χ3v) is 3.26. The van der Waals surface area contributed by atoms with E-state index in [1.54, 1.807) is 18.3 Å². The lowest BCUT2D eigenvalue weighted by atomic mass is 9.99. The van der Waals surface area contributed by atoms with Gasteiger partial charge in [-0.25, -0.2) is 4.98 Å². The molecular formula is C13H19N3O. The number of pyridine rings is 1. The Morgan fingerprint density at radius 2 is 1.94 bits per heavy atom. The summed E-state index contributed by atoms with van der Waals surface area (Å²) < 4.78 is 0. The van der Waals surface area contributed by atoms with Gasteiger partial charge in [0.2, 0.25) is 5.91 Å². The van der Waals surface area contributed by atoms with Crippen LogP contribution < -0.4 is 11.1 Å². The van der Waals surface area contributed by atoms with Gasteiger partial charge in [0, 0.05) is 5.92 Å². The average molecular weight is 233 g/mol. The summed E-state index contributed by atoms with van der Waals surface area (Å²) in [5, 5.41) is 2.86. The number of anilines is 2. The van der Waals surface area contributed by atoms with Crippen LogP contribution in [0.1, 0.15) is 38.5 Å². The van der Waals surface area contributed by atoms with Crippen LogP contribution in [0.2, 0.25) is 0 Å². The van der Waals surface area contributed by atoms with E-state index >= 15 is 0 Å². The lowest BCUT2D eigenvalue weighted by Crippen LogP contribution is -2.22.